The molecular weight excluding hydrogens is 228 g/mol. The maximum Gasteiger partial charge on any atom is 0.0623 e. The zero-order chi connectivity index (χ0) is 12.6. The number of rotatable bonds is 10. The quantitative estimate of drug-likeness (QED) is 0.573. The molecule has 2 atom stereocenters. The molecule has 2 N–H and O–H groups in total. The van der Waals surface area contributed by atoms with Crippen molar-refractivity contribution in [1.29, 1.82) is 0 Å². The Bertz CT molecular complexity index is 222. The van der Waals surface area contributed by atoms with Gasteiger partial charge in [-0.2, -0.15) is 0 Å². The molecule has 0 amide bonds. The van der Waals surface area contributed by atoms with Crippen molar-refractivity contribution >= 4 is 0 Å². The molecule has 1 aliphatic heterocycles. The van der Waals surface area contributed by atoms with E-state index in [0.717, 1.165) is 52.0 Å². The standard InChI is InChI=1S/C14H28N2O2/c1-2-5-16-14-11-18-10-13(14)8-15-6-7-17-9-12-3-4-12/h12-16H,2-11H2,1H3. The molecule has 2 rings (SSSR count). The normalized spacial score (nSPS) is 27.8. The summed E-state index contributed by atoms with van der Waals surface area (Å²) in [6, 6.07) is 0.532. The highest BCUT2D eigenvalue weighted by Gasteiger charge is 2.27. The fourth-order valence-corrected chi connectivity index (χ4v) is 2.32. The van der Waals surface area contributed by atoms with Gasteiger partial charge >= 0.3 is 0 Å². The monoisotopic (exact) mass is 256 g/mol. The van der Waals surface area contributed by atoms with Gasteiger partial charge in [0.2, 0.25) is 0 Å². The van der Waals surface area contributed by atoms with Crippen molar-refractivity contribution in [1.82, 2.24) is 10.6 Å². The predicted molar refractivity (Wildman–Crippen MR) is 72.8 cm³/mol. The van der Waals surface area contributed by atoms with Gasteiger partial charge in [0, 0.05) is 31.7 Å². The van der Waals surface area contributed by atoms with Crippen LogP contribution in [-0.4, -0.2) is 52.1 Å². The largest absolute Gasteiger partial charge is 0.380 e. The highest BCUT2D eigenvalue weighted by molar-refractivity contribution is 4.82. The summed E-state index contributed by atoms with van der Waals surface area (Å²) >= 11 is 0. The molecular formula is C14H28N2O2. The zero-order valence-corrected chi connectivity index (χ0v) is 11.6. The molecule has 1 aliphatic carbocycles. The van der Waals surface area contributed by atoms with E-state index in [1.807, 2.05) is 0 Å². The van der Waals surface area contributed by atoms with E-state index in [4.69, 9.17) is 9.47 Å². The van der Waals surface area contributed by atoms with E-state index < -0.39 is 0 Å². The van der Waals surface area contributed by atoms with Gasteiger partial charge in [0.05, 0.1) is 19.8 Å². The first-order valence-electron chi connectivity index (χ1n) is 7.49. The molecule has 0 spiro atoms. The van der Waals surface area contributed by atoms with E-state index in [2.05, 4.69) is 17.6 Å². The Kier molecular flexibility index (Phi) is 6.41. The fourth-order valence-electron chi connectivity index (χ4n) is 2.32. The van der Waals surface area contributed by atoms with Crippen molar-refractivity contribution in [3.8, 4) is 0 Å². The molecule has 2 aliphatic rings. The second-order valence-corrected chi connectivity index (χ2v) is 5.58. The third kappa shape index (κ3) is 5.22. The van der Waals surface area contributed by atoms with Gasteiger partial charge < -0.3 is 20.1 Å². The van der Waals surface area contributed by atoms with Gasteiger partial charge in [-0.25, -0.2) is 0 Å². The first kappa shape index (κ1) is 14.3. The molecule has 0 bridgehead atoms. The molecule has 4 heteroatoms. The molecule has 0 aromatic rings. The molecule has 18 heavy (non-hydrogen) atoms. The fraction of sp³-hybridized carbons (Fsp3) is 1.00. The SMILES string of the molecule is CCCNC1COCC1CNCCOCC1CC1. The highest BCUT2D eigenvalue weighted by Crippen LogP contribution is 2.28. The van der Waals surface area contributed by atoms with Crippen LogP contribution in [0.15, 0.2) is 0 Å². The number of hydrogen-bond donors (Lipinski definition) is 2. The van der Waals surface area contributed by atoms with Crippen molar-refractivity contribution in [2.24, 2.45) is 11.8 Å². The molecule has 0 radical (unpaired) electrons. The van der Waals surface area contributed by atoms with Crippen molar-refractivity contribution in [3.05, 3.63) is 0 Å². The first-order valence-corrected chi connectivity index (χ1v) is 7.49. The van der Waals surface area contributed by atoms with Crippen LogP contribution in [0, 0.1) is 11.8 Å². The van der Waals surface area contributed by atoms with Crippen LogP contribution in [0.3, 0.4) is 0 Å². The Balaban J connectivity index is 1.46. The summed E-state index contributed by atoms with van der Waals surface area (Å²) in [5.74, 6) is 1.48. The summed E-state index contributed by atoms with van der Waals surface area (Å²) in [7, 11) is 0. The molecule has 106 valence electrons. The Morgan fingerprint density at radius 2 is 2.11 bits per heavy atom. The lowest BCUT2D eigenvalue weighted by atomic mass is 10.0. The lowest BCUT2D eigenvalue weighted by molar-refractivity contribution is 0.125. The number of hydrogen-bond acceptors (Lipinski definition) is 4. The first-order chi connectivity index (χ1) is 8.90. The highest BCUT2D eigenvalue weighted by atomic mass is 16.5. The van der Waals surface area contributed by atoms with E-state index in [1.54, 1.807) is 0 Å². The van der Waals surface area contributed by atoms with Crippen LogP contribution in [-0.2, 0) is 9.47 Å². The van der Waals surface area contributed by atoms with E-state index in [9.17, 15) is 0 Å². The lowest BCUT2D eigenvalue weighted by Crippen LogP contribution is -2.41. The maximum absolute atomic E-state index is 5.60. The molecule has 0 aromatic carbocycles. The second kappa shape index (κ2) is 8.10. The van der Waals surface area contributed by atoms with Crippen LogP contribution in [0.25, 0.3) is 0 Å². The van der Waals surface area contributed by atoms with E-state index in [0.29, 0.717) is 12.0 Å². The average molecular weight is 256 g/mol. The van der Waals surface area contributed by atoms with E-state index in [-0.39, 0.29) is 0 Å². The van der Waals surface area contributed by atoms with Gasteiger partial charge in [0.15, 0.2) is 0 Å². The molecule has 0 aromatic heterocycles. The van der Waals surface area contributed by atoms with Crippen molar-refractivity contribution in [3.63, 3.8) is 0 Å². The molecule has 2 unspecified atom stereocenters. The Morgan fingerprint density at radius 1 is 1.22 bits per heavy atom. The Morgan fingerprint density at radius 3 is 2.89 bits per heavy atom. The summed E-state index contributed by atoms with van der Waals surface area (Å²) in [5.41, 5.74) is 0. The molecule has 1 heterocycles. The van der Waals surface area contributed by atoms with Crippen LogP contribution >= 0.6 is 0 Å². The van der Waals surface area contributed by atoms with Gasteiger partial charge in [0.1, 0.15) is 0 Å². The second-order valence-electron chi connectivity index (χ2n) is 5.58. The topological polar surface area (TPSA) is 42.5 Å². The summed E-state index contributed by atoms with van der Waals surface area (Å²) in [6.45, 7) is 8.86. The third-order valence-corrected chi connectivity index (χ3v) is 3.74. The summed E-state index contributed by atoms with van der Waals surface area (Å²) in [5, 5.41) is 7.04. The van der Waals surface area contributed by atoms with E-state index >= 15 is 0 Å². The van der Waals surface area contributed by atoms with Crippen LogP contribution in [0.4, 0.5) is 0 Å². The van der Waals surface area contributed by atoms with Crippen molar-refractivity contribution < 1.29 is 9.47 Å². The maximum atomic E-state index is 5.60. The van der Waals surface area contributed by atoms with Crippen molar-refractivity contribution in [2.45, 2.75) is 32.2 Å². The van der Waals surface area contributed by atoms with Gasteiger partial charge in [-0.05, 0) is 31.7 Å². The average Bonchev–Trinajstić information content (AvgIpc) is 3.10. The molecule has 4 nitrogen and oxygen atoms in total. The Labute approximate surface area is 111 Å². The third-order valence-electron chi connectivity index (χ3n) is 3.74. The molecule has 2 fully saturated rings. The minimum Gasteiger partial charge on any atom is -0.380 e. The molecule has 1 saturated heterocycles. The van der Waals surface area contributed by atoms with Gasteiger partial charge in [-0.15, -0.1) is 0 Å². The van der Waals surface area contributed by atoms with Gasteiger partial charge in [-0.3, -0.25) is 0 Å². The van der Waals surface area contributed by atoms with Crippen LogP contribution in [0.5, 0.6) is 0 Å². The van der Waals surface area contributed by atoms with E-state index in [1.165, 1.54) is 19.3 Å². The van der Waals surface area contributed by atoms with Crippen LogP contribution < -0.4 is 10.6 Å². The van der Waals surface area contributed by atoms with Gasteiger partial charge in [-0.1, -0.05) is 6.92 Å². The number of ether oxygens (including phenoxy) is 2. The molecule has 1 saturated carbocycles. The summed E-state index contributed by atoms with van der Waals surface area (Å²) in [6.07, 6.45) is 3.93. The minimum atomic E-state index is 0.532. The Hall–Kier alpha value is -0.160. The zero-order valence-electron chi connectivity index (χ0n) is 11.6. The van der Waals surface area contributed by atoms with Crippen LogP contribution in [0.1, 0.15) is 26.2 Å². The van der Waals surface area contributed by atoms with Crippen molar-refractivity contribution in [2.75, 3.05) is 46.1 Å². The van der Waals surface area contributed by atoms with Gasteiger partial charge in [0.25, 0.3) is 0 Å². The smallest absolute Gasteiger partial charge is 0.0623 e. The summed E-state index contributed by atoms with van der Waals surface area (Å²) < 4.78 is 11.2. The lowest BCUT2D eigenvalue weighted by Gasteiger charge is -2.19. The predicted octanol–water partition coefficient (Wildman–Crippen LogP) is 1.02. The van der Waals surface area contributed by atoms with Crippen LogP contribution in [0.2, 0.25) is 0 Å². The summed E-state index contributed by atoms with van der Waals surface area (Å²) in [4.78, 5) is 0. The minimum absolute atomic E-state index is 0.532. The number of nitrogens with one attached hydrogen (secondary N) is 2.